The Balaban J connectivity index is 2.41. The number of nitrogens with one attached hydrogen (secondary N) is 1. The lowest BCUT2D eigenvalue weighted by molar-refractivity contribution is 0.444. The second-order valence-corrected chi connectivity index (χ2v) is 3.49. The Bertz CT molecular complexity index is 590. The minimum atomic E-state index is -0.736. The van der Waals surface area contributed by atoms with Gasteiger partial charge in [-0.15, -0.1) is 0 Å². The van der Waals surface area contributed by atoms with Crippen molar-refractivity contribution in [2.24, 2.45) is 0 Å². The number of nitrogens with zero attached hydrogens (tertiary/aromatic N) is 1. The van der Waals surface area contributed by atoms with E-state index in [9.17, 15) is 18.7 Å². The maximum absolute atomic E-state index is 12.9. The van der Waals surface area contributed by atoms with Crippen molar-refractivity contribution < 1.29 is 13.9 Å². The molecule has 2 rings (SSSR count). The number of aromatic amines is 1. The minimum Gasteiger partial charge on any atom is -0.493 e. The highest BCUT2D eigenvalue weighted by molar-refractivity contribution is 5.30. The first kappa shape index (κ1) is 11.3. The number of H-pyrrole nitrogens is 1. The number of hydrogen-bond acceptors (Lipinski definition) is 3. The van der Waals surface area contributed by atoms with E-state index in [1.54, 1.807) is 0 Å². The van der Waals surface area contributed by atoms with Crippen molar-refractivity contribution >= 4 is 0 Å². The lowest BCUT2D eigenvalue weighted by atomic mass is 10.1. The lowest BCUT2D eigenvalue weighted by Crippen LogP contribution is -2.13. The van der Waals surface area contributed by atoms with Crippen LogP contribution in [0.3, 0.4) is 0 Å². The van der Waals surface area contributed by atoms with Crippen LogP contribution in [0.5, 0.6) is 5.88 Å². The quantitative estimate of drug-likeness (QED) is 0.829. The second-order valence-electron chi connectivity index (χ2n) is 3.49. The average molecular weight is 238 g/mol. The highest BCUT2D eigenvalue weighted by Gasteiger charge is 2.10. The maximum Gasteiger partial charge on any atom is 0.258 e. The fraction of sp³-hybridized carbons (Fsp3) is 0.0909. The van der Waals surface area contributed by atoms with Gasteiger partial charge in [-0.1, -0.05) is 0 Å². The SMILES string of the molecule is O=c1[nH]cnc(O)c1Cc1cc(F)cc(F)c1. The van der Waals surface area contributed by atoms with Gasteiger partial charge in [-0.05, 0) is 17.7 Å². The van der Waals surface area contributed by atoms with Crippen molar-refractivity contribution in [2.75, 3.05) is 0 Å². The molecule has 6 heteroatoms. The Morgan fingerprint density at radius 2 is 1.88 bits per heavy atom. The van der Waals surface area contributed by atoms with Crippen LogP contribution >= 0.6 is 0 Å². The molecule has 0 saturated heterocycles. The van der Waals surface area contributed by atoms with Crippen molar-refractivity contribution in [3.05, 3.63) is 57.6 Å². The molecule has 0 spiro atoms. The molecule has 2 aromatic rings. The highest BCUT2D eigenvalue weighted by Crippen LogP contribution is 2.15. The van der Waals surface area contributed by atoms with E-state index in [4.69, 9.17) is 0 Å². The van der Waals surface area contributed by atoms with Gasteiger partial charge >= 0.3 is 0 Å². The van der Waals surface area contributed by atoms with E-state index in [2.05, 4.69) is 9.97 Å². The average Bonchev–Trinajstić information content (AvgIpc) is 2.22. The Hall–Kier alpha value is -2.24. The molecule has 1 heterocycles. The molecular formula is C11H8F2N2O2. The second kappa shape index (κ2) is 4.32. The molecule has 88 valence electrons. The molecule has 0 amide bonds. The first-order chi connectivity index (χ1) is 8.06. The molecule has 1 aromatic heterocycles. The summed E-state index contributed by atoms with van der Waals surface area (Å²) in [6, 6.07) is 2.92. The van der Waals surface area contributed by atoms with Gasteiger partial charge in [0, 0.05) is 12.5 Å². The fourth-order valence-corrected chi connectivity index (χ4v) is 1.50. The Morgan fingerprint density at radius 3 is 2.47 bits per heavy atom. The van der Waals surface area contributed by atoms with Gasteiger partial charge in [0.05, 0.1) is 11.9 Å². The predicted octanol–water partition coefficient (Wildman–Crippen LogP) is 1.34. The summed E-state index contributed by atoms with van der Waals surface area (Å²) in [5.41, 5.74) is -0.323. The first-order valence-corrected chi connectivity index (χ1v) is 4.77. The van der Waals surface area contributed by atoms with Crippen molar-refractivity contribution in [1.29, 1.82) is 0 Å². The van der Waals surface area contributed by atoms with E-state index in [0.29, 0.717) is 0 Å². The third-order valence-electron chi connectivity index (χ3n) is 2.23. The number of aromatic hydroxyl groups is 1. The lowest BCUT2D eigenvalue weighted by Gasteiger charge is -2.03. The molecule has 17 heavy (non-hydrogen) atoms. The Morgan fingerprint density at radius 1 is 1.24 bits per heavy atom. The van der Waals surface area contributed by atoms with Crippen LogP contribution in [0.2, 0.25) is 0 Å². The predicted molar refractivity (Wildman–Crippen MR) is 55.7 cm³/mol. The number of rotatable bonds is 2. The van der Waals surface area contributed by atoms with E-state index in [-0.39, 0.29) is 17.5 Å². The van der Waals surface area contributed by atoms with Gasteiger partial charge in [-0.3, -0.25) is 4.79 Å². The molecule has 0 unspecified atom stereocenters. The van der Waals surface area contributed by atoms with Gasteiger partial charge in [-0.2, -0.15) is 0 Å². The van der Waals surface area contributed by atoms with Crippen molar-refractivity contribution in [3.8, 4) is 5.88 Å². The van der Waals surface area contributed by atoms with E-state index >= 15 is 0 Å². The van der Waals surface area contributed by atoms with E-state index in [1.807, 2.05) is 0 Å². The molecule has 0 atom stereocenters. The van der Waals surface area contributed by atoms with Crippen LogP contribution < -0.4 is 5.56 Å². The molecular weight excluding hydrogens is 230 g/mol. The number of halogens is 2. The van der Waals surface area contributed by atoms with E-state index in [1.165, 1.54) is 0 Å². The minimum absolute atomic E-state index is 0.0301. The molecule has 0 aliphatic rings. The molecule has 0 fully saturated rings. The number of benzene rings is 1. The maximum atomic E-state index is 12.9. The Kier molecular flexibility index (Phi) is 2.86. The molecule has 0 aliphatic heterocycles. The molecule has 0 bridgehead atoms. The van der Waals surface area contributed by atoms with Crippen LogP contribution in [0.1, 0.15) is 11.1 Å². The molecule has 4 nitrogen and oxygen atoms in total. The van der Waals surface area contributed by atoms with Gasteiger partial charge in [0.1, 0.15) is 11.6 Å². The van der Waals surface area contributed by atoms with Crippen LogP contribution in [0.4, 0.5) is 8.78 Å². The third-order valence-corrected chi connectivity index (χ3v) is 2.23. The smallest absolute Gasteiger partial charge is 0.258 e. The Labute approximate surface area is 94.6 Å². The molecule has 0 saturated carbocycles. The monoisotopic (exact) mass is 238 g/mol. The summed E-state index contributed by atoms with van der Waals surface area (Å²) in [6.45, 7) is 0. The van der Waals surface area contributed by atoms with Crippen molar-refractivity contribution in [3.63, 3.8) is 0 Å². The van der Waals surface area contributed by atoms with Crippen LogP contribution in [-0.2, 0) is 6.42 Å². The molecule has 1 aromatic carbocycles. The molecule has 0 radical (unpaired) electrons. The van der Waals surface area contributed by atoms with Crippen molar-refractivity contribution in [1.82, 2.24) is 9.97 Å². The van der Waals surface area contributed by atoms with Crippen LogP contribution in [0.15, 0.2) is 29.3 Å². The first-order valence-electron chi connectivity index (χ1n) is 4.77. The summed E-state index contributed by atoms with van der Waals surface area (Å²) in [6.07, 6.45) is 0.955. The summed E-state index contributed by atoms with van der Waals surface area (Å²) < 4.78 is 25.9. The van der Waals surface area contributed by atoms with Gasteiger partial charge in [-0.25, -0.2) is 13.8 Å². The topological polar surface area (TPSA) is 66.0 Å². The van der Waals surface area contributed by atoms with Gasteiger partial charge in [0.15, 0.2) is 0 Å². The van der Waals surface area contributed by atoms with Crippen LogP contribution in [-0.4, -0.2) is 15.1 Å². The summed E-state index contributed by atoms with van der Waals surface area (Å²) in [4.78, 5) is 17.1. The molecule has 2 N–H and O–H groups in total. The number of hydrogen-bond donors (Lipinski definition) is 2. The third kappa shape index (κ3) is 2.47. The van der Waals surface area contributed by atoms with Crippen LogP contribution in [0.25, 0.3) is 0 Å². The summed E-state index contributed by atoms with van der Waals surface area (Å²) in [5.74, 6) is -1.92. The van der Waals surface area contributed by atoms with Gasteiger partial charge in [0.2, 0.25) is 5.88 Å². The van der Waals surface area contributed by atoms with Gasteiger partial charge < -0.3 is 10.1 Å². The zero-order valence-electron chi connectivity index (χ0n) is 8.58. The highest BCUT2D eigenvalue weighted by atomic mass is 19.1. The zero-order valence-corrected chi connectivity index (χ0v) is 8.58. The summed E-state index contributed by atoms with van der Waals surface area (Å²) in [5, 5.41) is 9.37. The molecule has 0 aliphatic carbocycles. The van der Waals surface area contributed by atoms with E-state index in [0.717, 1.165) is 24.5 Å². The number of aromatic nitrogens is 2. The zero-order chi connectivity index (χ0) is 12.4. The van der Waals surface area contributed by atoms with Crippen LogP contribution in [0, 0.1) is 11.6 Å². The summed E-state index contributed by atoms with van der Waals surface area (Å²) in [7, 11) is 0. The summed E-state index contributed by atoms with van der Waals surface area (Å²) >= 11 is 0. The normalized spacial score (nSPS) is 10.5. The van der Waals surface area contributed by atoms with Crippen molar-refractivity contribution in [2.45, 2.75) is 6.42 Å². The van der Waals surface area contributed by atoms with Gasteiger partial charge in [0.25, 0.3) is 5.56 Å². The standard InChI is InChI=1S/C11H8F2N2O2/c12-7-1-6(2-8(13)4-7)3-9-10(16)14-5-15-11(9)17/h1-2,4-5H,3H2,(H2,14,15,16,17). The fourth-order valence-electron chi connectivity index (χ4n) is 1.50. The van der Waals surface area contributed by atoms with E-state index < -0.39 is 23.1 Å². The largest absolute Gasteiger partial charge is 0.493 e.